The fourth-order valence-corrected chi connectivity index (χ4v) is 5.34. The van der Waals surface area contributed by atoms with Crippen LogP contribution in [0.4, 0.5) is 20.2 Å². The molecule has 2 fully saturated rings. The maximum atomic E-state index is 15.2. The van der Waals surface area contributed by atoms with E-state index in [0.717, 1.165) is 32.0 Å². The van der Waals surface area contributed by atoms with E-state index < -0.39 is 37.6 Å². The third kappa shape index (κ3) is 11.6. The van der Waals surface area contributed by atoms with Gasteiger partial charge in [-0.3, -0.25) is 14.6 Å². The van der Waals surface area contributed by atoms with Crippen LogP contribution in [0.1, 0.15) is 32.6 Å². The Morgan fingerprint density at radius 1 is 0.923 bits per heavy atom. The number of benzene rings is 3. The Labute approximate surface area is 333 Å². The van der Waals surface area contributed by atoms with Gasteiger partial charge in [-0.25, -0.2) is 8.78 Å². The number of nitrogens with one attached hydrogen (secondary N) is 2. The minimum absolute atomic E-state index is 0. The van der Waals surface area contributed by atoms with Crippen molar-refractivity contribution in [2.45, 2.75) is 32.6 Å². The second kappa shape index (κ2) is 21.4. The van der Waals surface area contributed by atoms with Crippen LogP contribution in [0.2, 0.25) is 0 Å². The van der Waals surface area contributed by atoms with Crippen LogP contribution in [0.15, 0.2) is 66.9 Å². The van der Waals surface area contributed by atoms with E-state index in [0.29, 0.717) is 65.8 Å². The molecule has 16 heteroatoms. The number of methoxy groups -OCH3 is 1. The number of piperidine rings is 1. The number of aromatic nitrogens is 1. The van der Waals surface area contributed by atoms with E-state index in [1.807, 2.05) is 0 Å². The molecular formula is C36H41F2N4O7PSY. The van der Waals surface area contributed by atoms with Gasteiger partial charge in [-0.1, -0.05) is 12.8 Å². The molecule has 3 aromatic carbocycles. The van der Waals surface area contributed by atoms with E-state index in [-0.39, 0.29) is 44.1 Å². The van der Waals surface area contributed by atoms with Crippen molar-refractivity contribution in [1.82, 2.24) is 4.98 Å². The monoisotopic (exact) mass is 831 g/mol. The second-order valence-corrected chi connectivity index (χ2v) is 12.0. The molecule has 1 aromatic heterocycles. The van der Waals surface area contributed by atoms with E-state index in [1.54, 1.807) is 44.7 Å². The first-order valence-electron chi connectivity index (χ1n) is 16.3. The van der Waals surface area contributed by atoms with E-state index in [4.69, 9.17) is 14.2 Å². The van der Waals surface area contributed by atoms with Gasteiger partial charge in [0.05, 0.1) is 25.8 Å². The number of anilines is 2. The SMILES string of the molecule is CCO[PH+]=O.COc1cc2c(Oc3ccc(NC(=O)C4(C(=O)Nc5ccc(F)cc5)CC4)cc3F)ccnc2cc1OCC1CC[N-]CC1.CS.[Y]. The van der Waals surface area contributed by atoms with Crippen molar-refractivity contribution in [3.8, 4) is 23.0 Å². The van der Waals surface area contributed by atoms with Crippen LogP contribution in [-0.4, -0.2) is 56.5 Å². The van der Waals surface area contributed by atoms with Crippen molar-refractivity contribution in [1.29, 1.82) is 0 Å². The zero-order valence-corrected chi connectivity index (χ0v) is 33.9. The van der Waals surface area contributed by atoms with Crippen molar-refractivity contribution >= 4 is 55.4 Å². The molecule has 1 saturated carbocycles. The third-order valence-electron chi connectivity index (χ3n) is 8.19. The molecule has 6 rings (SSSR count). The van der Waals surface area contributed by atoms with E-state index in [9.17, 15) is 18.5 Å². The topological polar surface area (TPSA) is 139 Å². The molecule has 4 aromatic rings. The molecule has 275 valence electrons. The van der Waals surface area contributed by atoms with Crippen molar-refractivity contribution in [3.05, 3.63) is 83.8 Å². The van der Waals surface area contributed by atoms with E-state index >= 15 is 4.39 Å². The smallest absolute Gasteiger partial charge is 0.494 e. The number of thiol groups is 1. The van der Waals surface area contributed by atoms with Crippen molar-refractivity contribution < 1.29 is 74.4 Å². The molecule has 2 N–H and O–H groups in total. The number of hydrogen-bond donors (Lipinski definition) is 3. The fourth-order valence-electron chi connectivity index (χ4n) is 5.22. The number of amides is 2. The van der Waals surface area contributed by atoms with Crippen LogP contribution in [0.3, 0.4) is 0 Å². The molecule has 0 spiro atoms. The zero-order chi connectivity index (χ0) is 36.8. The van der Waals surface area contributed by atoms with Gasteiger partial charge in [-0.05, 0) is 85.0 Å². The molecular weight excluding hydrogens is 790 g/mol. The average Bonchev–Trinajstić information content (AvgIpc) is 3.97. The van der Waals surface area contributed by atoms with Gasteiger partial charge in [0, 0.05) is 67.8 Å². The largest absolute Gasteiger partial charge is 0.662 e. The Morgan fingerprint density at radius 2 is 1.58 bits per heavy atom. The van der Waals surface area contributed by atoms with Gasteiger partial charge in [0.25, 0.3) is 0 Å². The molecule has 1 saturated heterocycles. The summed E-state index contributed by atoms with van der Waals surface area (Å²) in [6.45, 7) is 4.60. The van der Waals surface area contributed by atoms with Crippen molar-refractivity contribution in [2.75, 3.05) is 50.3 Å². The molecule has 0 bridgehead atoms. The molecule has 11 nitrogen and oxygen atoms in total. The molecule has 2 aliphatic rings. The minimum atomic E-state index is -1.27. The maximum Gasteiger partial charge on any atom is 0.494 e. The first-order valence-corrected chi connectivity index (χ1v) is 18.0. The van der Waals surface area contributed by atoms with Crippen LogP contribution in [0.25, 0.3) is 16.2 Å². The first-order chi connectivity index (χ1) is 24.8. The Bertz CT molecular complexity index is 1800. The molecule has 2 heterocycles. The number of carbonyl (C=O) groups is 2. The Morgan fingerprint density at radius 3 is 2.15 bits per heavy atom. The standard InChI is InChI=1S/C33H31F2N4O5.C2H6O2P.CH4S.Y/c1-42-29-17-24-26(18-30(29)43-19-20-8-13-36-14-9-20)37-15-10-27(24)44-28-7-6-23(16-25(28)35)39-32(41)33(11-12-33)31(40)38-22-4-2-21(34)3-5-22;1-2-4-5-3;1-2;/h2-7,10,15-18,20H,8-9,11-14,19H2,1H3,(H,38,40)(H,39,41);5H,2H2,1H3;2H,1H3;/q-1;+1;;. The molecule has 1 aliphatic carbocycles. The second-order valence-electron chi connectivity index (χ2n) is 11.5. The number of nitrogens with zero attached hydrogens (tertiary/aromatic N) is 2. The number of fused-ring (bicyclic) bond motifs is 1. The summed E-state index contributed by atoms with van der Waals surface area (Å²) in [4.78, 5) is 30.3. The van der Waals surface area contributed by atoms with Gasteiger partial charge in [0.1, 0.15) is 17.0 Å². The normalized spacial score (nSPS) is 14.3. The predicted octanol–water partition coefficient (Wildman–Crippen LogP) is 8.34. The summed E-state index contributed by atoms with van der Waals surface area (Å²) in [6.07, 6.45) is 5.94. The van der Waals surface area contributed by atoms with Gasteiger partial charge in [0.15, 0.2) is 23.1 Å². The quantitative estimate of drug-likeness (QED) is 0.0736. The predicted molar refractivity (Wildman–Crippen MR) is 197 cm³/mol. The van der Waals surface area contributed by atoms with Crippen LogP contribution in [0.5, 0.6) is 23.0 Å². The zero-order valence-electron chi connectivity index (χ0n) is 29.1. The number of halogens is 2. The van der Waals surface area contributed by atoms with Gasteiger partial charge >= 0.3 is 8.69 Å². The van der Waals surface area contributed by atoms with Crippen molar-refractivity contribution in [2.24, 2.45) is 11.3 Å². The summed E-state index contributed by atoms with van der Waals surface area (Å²) in [6, 6.07) is 14.5. The molecule has 1 aliphatic heterocycles. The Hall–Kier alpha value is -3.26. The summed E-state index contributed by atoms with van der Waals surface area (Å²) < 4.78 is 59.7. The molecule has 1 atom stereocenters. The van der Waals surface area contributed by atoms with Crippen LogP contribution >= 0.6 is 21.3 Å². The molecule has 2 amide bonds. The minimum Gasteiger partial charge on any atom is -0.662 e. The summed E-state index contributed by atoms with van der Waals surface area (Å²) in [5, 5.41) is 10.3. The molecule has 52 heavy (non-hydrogen) atoms. The number of rotatable bonds is 12. The average molecular weight is 832 g/mol. The van der Waals surface area contributed by atoms with Crippen LogP contribution in [-0.2, 0) is 51.4 Å². The number of carbonyl (C=O) groups excluding carboxylic acids is 2. The Kier molecular flexibility index (Phi) is 17.8. The van der Waals surface area contributed by atoms with Gasteiger partial charge in [-0.2, -0.15) is 12.6 Å². The number of pyridine rings is 1. The Balaban J connectivity index is 0.000000841. The van der Waals surface area contributed by atoms with E-state index in [1.165, 1.54) is 36.4 Å². The summed E-state index contributed by atoms with van der Waals surface area (Å²) in [5.74, 6) is -0.389. The third-order valence-corrected chi connectivity index (χ3v) is 8.59. The fraction of sp³-hybridized carbons (Fsp3) is 0.361. The van der Waals surface area contributed by atoms with Gasteiger partial charge in [0.2, 0.25) is 11.8 Å². The summed E-state index contributed by atoms with van der Waals surface area (Å²) >= 11 is 3.53. The van der Waals surface area contributed by atoms with Crippen molar-refractivity contribution in [3.63, 3.8) is 0 Å². The van der Waals surface area contributed by atoms with Crippen LogP contribution < -0.4 is 24.8 Å². The van der Waals surface area contributed by atoms with Crippen LogP contribution in [0, 0.1) is 23.0 Å². The number of hydrogen-bond acceptors (Lipinski definition) is 9. The van der Waals surface area contributed by atoms with Gasteiger partial charge in [-0.15, -0.1) is 17.6 Å². The number of ether oxygens (including phenoxy) is 3. The summed E-state index contributed by atoms with van der Waals surface area (Å²) in [7, 11) is 0.959. The van der Waals surface area contributed by atoms with Gasteiger partial charge < -0.3 is 30.2 Å². The van der Waals surface area contributed by atoms with E-state index in [2.05, 4.69) is 38.1 Å². The summed E-state index contributed by atoms with van der Waals surface area (Å²) in [5.41, 5.74) is -0.126. The molecule has 1 radical (unpaired) electrons. The first kappa shape index (κ1) is 43.2. The molecule has 1 unspecified atom stereocenters. The maximum absolute atomic E-state index is 15.2.